The van der Waals surface area contributed by atoms with Crippen molar-refractivity contribution in [3.05, 3.63) is 0 Å². The van der Waals surface area contributed by atoms with Crippen molar-refractivity contribution < 1.29 is 45.6 Å². The van der Waals surface area contributed by atoms with Crippen molar-refractivity contribution in [1.82, 2.24) is 0 Å². The van der Waals surface area contributed by atoms with E-state index in [0.29, 0.717) is 44.6 Å². The van der Waals surface area contributed by atoms with Crippen LogP contribution in [0.25, 0.3) is 0 Å². The normalized spacial score (nSPS) is 35.0. The topological polar surface area (TPSA) is 116 Å². The monoisotopic (exact) mass is 480 g/mol. The number of alkyl halides is 2. The zero-order chi connectivity index (χ0) is 23.1. The Morgan fingerprint density at radius 3 is 2.25 bits per heavy atom. The van der Waals surface area contributed by atoms with Gasteiger partial charge in [-0.15, -0.1) is 0 Å². The van der Waals surface area contributed by atoms with Crippen LogP contribution in [0.1, 0.15) is 64.2 Å². The minimum absolute atomic E-state index is 0.115. The van der Waals surface area contributed by atoms with Crippen molar-refractivity contribution in [2.24, 2.45) is 29.1 Å². The Kier molecular flexibility index (Phi) is 6.54. The van der Waals surface area contributed by atoms with E-state index >= 15 is 0 Å². The zero-order valence-corrected chi connectivity index (χ0v) is 18.7. The summed E-state index contributed by atoms with van der Waals surface area (Å²) in [4.78, 5) is 24.7. The van der Waals surface area contributed by atoms with Gasteiger partial charge in [0.25, 0.3) is 0 Å². The van der Waals surface area contributed by atoms with E-state index in [4.69, 9.17) is 18.8 Å². The highest BCUT2D eigenvalue weighted by molar-refractivity contribution is 7.87. The molecule has 2 atom stereocenters. The maximum absolute atomic E-state index is 13.7. The van der Waals surface area contributed by atoms with Crippen LogP contribution >= 0.6 is 0 Å². The molecule has 1 N–H and O–H groups in total. The van der Waals surface area contributed by atoms with Gasteiger partial charge < -0.3 is 14.2 Å². The fraction of sp³-hybridized carbons (Fsp3) is 0.905. The fourth-order valence-corrected chi connectivity index (χ4v) is 6.79. The van der Waals surface area contributed by atoms with Gasteiger partial charge in [0.15, 0.2) is 6.79 Å². The molecule has 32 heavy (non-hydrogen) atoms. The minimum atomic E-state index is -5.92. The Morgan fingerprint density at radius 2 is 1.66 bits per heavy atom. The minimum Gasteiger partial charge on any atom is -0.456 e. The molecule has 5 saturated carbocycles. The van der Waals surface area contributed by atoms with Gasteiger partial charge in [-0.05, 0) is 68.6 Å². The van der Waals surface area contributed by atoms with E-state index in [9.17, 15) is 26.8 Å². The second-order valence-electron chi connectivity index (χ2n) is 10.0. The molecule has 0 aromatic heterocycles. The average molecular weight is 481 g/mol. The maximum atomic E-state index is 13.7. The summed E-state index contributed by atoms with van der Waals surface area (Å²) < 4.78 is 73.5. The van der Waals surface area contributed by atoms with E-state index in [1.807, 2.05) is 0 Å². The number of esters is 2. The van der Waals surface area contributed by atoms with Crippen molar-refractivity contribution >= 4 is 22.1 Å². The third-order valence-electron chi connectivity index (χ3n) is 7.78. The Morgan fingerprint density at radius 1 is 1.03 bits per heavy atom. The van der Waals surface area contributed by atoms with E-state index in [-0.39, 0.29) is 30.5 Å². The molecule has 0 saturated heterocycles. The maximum Gasteiger partial charge on any atom is 0.465 e. The van der Waals surface area contributed by atoms with Gasteiger partial charge in [-0.3, -0.25) is 9.35 Å². The van der Waals surface area contributed by atoms with E-state index in [1.165, 1.54) is 19.3 Å². The highest BCUT2D eigenvalue weighted by Gasteiger charge is 2.62. The van der Waals surface area contributed by atoms with E-state index in [0.717, 1.165) is 12.8 Å². The SMILES string of the molecule is O=C(OCOCC1CCCCC1)C12CC3CC(C1)C(OC(=O)C(F)(F)S(=O)(=O)O)C(C3)C2. The molecule has 5 aliphatic rings. The Hall–Kier alpha value is -1.33. The standard InChI is InChI=1S/C21H30F2O8S/c22-21(23,32(26,27)28)19(25)31-17-15-6-14-7-16(17)10-20(8-14,9-15)18(24)30-12-29-11-13-4-2-1-3-5-13/h13-17H,1-12H2,(H,26,27,28). The lowest BCUT2D eigenvalue weighted by Gasteiger charge is -2.57. The smallest absolute Gasteiger partial charge is 0.456 e. The Balaban J connectivity index is 1.33. The number of hydrogen-bond donors (Lipinski definition) is 1. The number of hydrogen-bond acceptors (Lipinski definition) is 7. The molecule has 0 amide bonds. The van der Waals surface area contributed by atoms with Crippen LogP contribution in [0.3, 0.4) is 0 Å². The van der Waals surface area contributed by atoms with Gasteiger partial charge >= 0.3 is 27.3 Å². The first kappa shape index (κ1) is 23.8. The van der Waals surface area contributed by atoms with Gasteiger partial charge in [-0.1, -0.05) is 19.3 Å². The summed E-state index contributed by atoms with van der Waals surface area (Å²) in [5.74, 6) is -2.62. The lowest BCUT2D eigenvalue weighted by molar-refractivity contribution is -0.208. The predicted molar refractivity (Wildman–Crippen MR) is 106 cm³/mol. The summed E-state index contributed by atoms with van der Waals surface area (Å²) in [5, 5.41) is -5.02. The van der Waals surface area contributed by atoms with Crippen molar-refractivity contribution in [3.8, 4) is 0 Å². The molecule has 11 heteroatoms. The molecule has 182 valence electrons. The van der Waals surface area contributed by atoms with Crippen LogP contribution in [0.4, 0.5) is 8.78 Å². The van der Waals surface area contributed by atoms with Crippen molar-refractivity contribution in [3.63, 3.8) is 0 Å². The second kappa shape index (κ2) is 8.79. The van der Waals surface area contributed by atoms with Crippen LogP contribution in [0, 0.1) is 29.1 Å². The van der Waals surface area contributed by atoms with Crippen LogP contribution < -0.4 is 0 Å². The molecule has 4 bridgehead atoms. The van der Waals surface area contributed by atoms with Gasteiger partial charge in [0.05, 0.1) is 12.0 Å². The Labute approximate surface area is 186 Å². The Bertz CT molecular complexity index is 823. The van der Waals surface area contributed by atoms with Gasteiger partial charge in [-0.2, -0.15) is 17.2 Å². The first-order chi connectivity index (χ1) is 15.0. The van der Waals surface area contributed by atoms with Crippen molar-refractivity contribution in [2.75, 3.05) is 13.4 Å². The van der Waals surface area contributed by atoms with Crippen molar-refractivity contribution in [1.29, 1.82) is 0 Å². The zero-order valence-electron chi connectivity index (χ0n) is 17.8. The lowest BCUT2D eigenvalue weighted by atomic mass is 9.48. The van der Waals surface area contributed by atoms with Crippen LogP contribution in [0.5, 0.6) is 0 Å². The largest absolute Gasteiger partial charge is 0.465 e. The summed E-state index contributed by atoms with van der Waals surface area (Å²) >= 11 is 0. The summed E-state index contributed by atoms with van der Waals surface area (Å²) in [7, 11) is -5.92. The molecule has 0 aromatic rings. The number of carbonyl (C=O) groups excluding carboxylic acids is 2. The van der Waals surface area contributed by atoms with Crippen molar-refractivity contribution in [2.45, 2.75) is 75.6 Å². The van der Waals surface area contributed by atoms with Gasteiger partial charge in [0.1, 0.15) is 6.10 Å². The molecular formula is C21H30F2O8S. The van der Waals surface area contributed by atoms with Gasteiger partial charge in [0.2, 0.25) is 0 Å². The quantitative estimate of drug-likeness (QED) is 0.243. The van der Waals surface area contributed by atoms with Crippen LogP contribution in [0.2, 0.25) is 0 Å². The number of ether oxygens (including phenoxy) is 3. The van der Waals surface area contributed by atoms with E-state index < -0.39 is 32.9 Å². The van der Waals surface area contributed by atoms with Crippen LogP contribution in [-0.2, 0) is 33.9 Å². The first-order valence-electron chi connectivity index (χ1n) is 11.3. The molecular weight excluding hydrogens is 450 g/mol. The van der Waals surface area contributed by atoms with E-state index in [2.05, 4.69) is 0 Å². The summed E-state index contributed by atoms with van der Waals surface area (Å²) in [6.45, 7) is 0.449. The molecule has 5 rings (SSSR count). The summed E-state index contributed by atoms with van der Waals surface area (Å²) in [6, 6.07) is 0. The number of halogens is 2. The molecule has 5 aliphatic carbocycles. The summed E-state index contributed by atoms with van der Waals surface area (Å²) in [5.41, 5.74) is -0.751. The number of carbonyl (C=O) groups is 2. The number of rotatable bonds is 8. The van der Waals surface area contributed by atoms with Crippen LogP contribution in [-0.4, -0.2) is 49.7 Å². The summed E-state index contributed by atoms with van der Waals surface area (Å²) in [6.07, 6.45) is 7.51. The molecule has 0 aromatic carbocycles. The third kappa shape index (κ3) is 4.52. The van der Waals surface area contributed by atoms with E-state index in [1.54, 1.807) is 0 Å². The van der Waals surface area contributed by atoms with Crippen LogP contribution in [0.15, 0.2) is 0 Å². The lowest BCUT2D eigenvalue weighted by Crippen LogP contribution is -2.58. The highest BCUT2D eigenvalue weighted by Crippen LogP contribution is 2.61. The third-order valence-corrected chi connectivity index (χ3v) is 8.59. The fourth-order valence-electron chi connectivity index (χ4n) is 6.53. The first-order valence-corrected chi connectivity index (χ1v) is 12.8. The molecule has 8 nitrogen and oxygen atoms in total. The molecule has 5 fully saturated rings. The molecule has 0 heterocycles. The second-order valence-corrected chi connectivity index (χ2v) is 11.5. The predicted octanol–water partition coefficient (Wildman–Crippen LogP) is 3.30. The molecule has 2 unspecified atom stereocenters. The molecule has 0 radical (unpaired) electrons. The molecule has 0 spiro atoms. The van der Waals surface area contributed by atoms with Gasteiger partial charge in [-0.25, -0.2) is 4.79 Å². The average Bonchev–Trinajstić information content (AvgIpc) is 2.73. The molecule has 0 aliphatic heterocycles. The van der Waals surface area contributed by atoms with Gasteiger partial charge in [0, 0.05) is 0 Å². The highest BCUT2D eigenvalue weighted by atomic mass is 32.2.